The van der Waals surface area contributed by atoms with Crippen molar-refractivity contribution in [3.63, 3.8) is 0 Å². The molecule has 0 saturated heterocycles. The lowest BCUT2D eigenvalue weighted by Crippen LogP contribution is -1.90. The van der Waals surface area contributed by atoms with Crippen molar-refractivity contribution in [1.82, 2.24) is 0 Å². The van der Waals surface area contributed by atoms with Gasteiger partial charge in [-0.1, -0.05) is 44.2 Å². The maximum absolute atomic E-state index is 4.22. The summed E-state index contributed by atoms with van der Waals surface area (Å²) in [5.74, 6) is 0. The van der Waals surface area contributed by atoms with Crippen molar-refractivity contribution in [3.8, 4) is 0 Å². The third-order valence-corrected chi connectivity index (χ3v) is 3.45. The van der Waals surface area contributed by atoms with E-state index in [-0.39, 0.29) is 0 Å². The van der Waals surface area contributed by atoms with E-state index in [2.05, 4.69) is 48.6 Å². The van der Waals surface area contributed by atoms with Gasteiger partial charge in [-0.25, -0.2) is 0 Å². The van der Waals surface area contributed by atoms with Crippen LogP contribution in [0.2, 0.25) is 0 Å². The van der Waals surface area contributed by atoms with Crippen LogP contribution < -0.4 is 5.43 Å². The zero-order valence-corrected chi connectivity index (χ0v) is 12.0. The molecule has 2 aromatic carbocycles. The molecule has 0 aliphatic rings. The van der Waals surface area contributed by atoms with Crippen LogP contribution in [0.4, 0.5) is 5.69 Å². The molecule has 3 heteroatoms. The second-order valence-corrected chi connectivity index (χ2v) is 6.12. The summed E-state index contributed by atoms with van der Waals surface area (Å²) in [4.78, 5) is 1.29. The van der Waals surface area contributed by atoms with E-state index in [1.807, 2.05) is 48.3 Å². The number of rotatable bonds is 5. The van der Waals surface area contributed by atoms with Crippen molar-refractivity contribution in [1.29, 1.82) is 0 Å². The van der Waals surface area contributed by atoms with Crippen LogP contribution in [-0.2, 0) is 0 Å². The summed E-state index contributed by atoms with van der Waals surface area (Å²) in [6.45, 7) is 4.40. The molecule has 2 nitrogen and oxygen atoms in total. The Morgan fingerprint density at radius 1 is 1.00 bits per heavy atom. The summed E-state index contributed by atoms with van der Waals surface area (Å²) in [5, 5.41) is 4.83. The first-order valence-electron chi connectivity index (χ1n) is 6.35. The fraction of sp³-hybridized carbons (Fsp3) is 0.188. The number of anilines is 1. The molecule has 0 amide bonds. The fourth-order valence-electron chi connectivity index (χ4n) is 1.60. The Bertz CT molecular complexity index is 518. The predicted octanol–water partition coefficient (Wildman–Crippen LogP) is 4.63. The maximum atomic E-state index is 4.22. The van der Waals surface area contributed by atoms with Crippen LogP contribution in [0.15, 0.2) is 64.6 Å². The summed E-state index contributed by atoms with van der Waals surface area (Å²) >= 11 is 1.87. The van der Waals surface area contributed by atoms with Gasteiger partial charge >= 0.3 is 0 Å². The lowest BCUT2D eigenvalue weighted by Gasteiger charge is -2.04. The summed E-state index contributed by atoms with van der Waals surface area (Å²) in [6, 6.07) is 18.4. The Hall–Kier alpha value is -1.74. The number of para-hydroxylation sites is 1. The van der Waals surface area contributed by atoms with Gasteiger partial charge in [0.15, 0.2) is 0 Å². The second kappa shape index (κ2) is 7.00. The zero-order chi connectivity index (χ0) is 13.5. The van der Waals surface area contributed by atoms with Crippen molar-refractivity contribution in [2.75, 3.05) is 5.43 Å². The first-order chi connectivity index (χ1) is 9.24. The quantitative estimate of drug-likeness (QED) is 0.486. The Kier molecular flexibility index (Phi) is 5.04. The van der Waals surface area contributed by atoms with Crippen molar-refractivity contribution in [2.24, 2.45) is 5.10 Å². The highest BCUT2D eigenvalue weighted by Crippen LogP contribution is 2.22. The molecule has 0 radical (unpaired) electrons. The van der Waals surface area contributed by atoms with Crippen molar-refractivity contribution in [2.45, 2.75) is 24.0 Å². The van der Waals surface area contributed by atoms with E-state index in [9.17, 15) is 0 Å². The SMILES string of the molecule is CC(C)Sc1ccc(C=NNc2ccccc2)cc1. The first-order valence-corrected chi connectivity index (χ1v) is 7.23. The minimum Gasteiger partial charge on any atom is -0.279 e. The Labute approximate surface area is 118 Å². The molecular formula is C16H18N2S. The normalized spacial score (nSPS) is 11.1. The van der Waals surface area contributed by atoms with Gasteiger partial charge in [-0.05, 0) is 29.8 Å². The molecular weight excluding hydrogens is 252 g/mol. The summed E-state index contributed by atoms with van der Waals surface area (Å²) in [7, 11) is 0. The van der Waals surface area contributed by atoms with Gasteiger partial charge in [0.05, 0.1) is 11.9 Å². The molecule has 0 spiro atoms. The molecule has 2 rings (SSSR count). The van der Waals surface area contributed by atoms with Gasteiger partial charge in [-0.2, -0.15) is 5.10 Å². The number of hydrazone groups is 1. The van der Waals surface area contributed by atoms with Crippen molar-refractivity contribution in [3.05, 3.63) is 60.2 Å². The largest absolute Gasteiger partial charge is 0.279 e. The number of nitrogens with one attached hydrogen (secondary N) is 1. The van der Waals surface area contributed by atoms with E-state index < -0.39 is 0 Å². The van der Waals surface area contributed by atoms with Gasteiger partial charge in [0.25, 0.3) is 0 Å². The number of benzene rings is 2. The average Bonchev–Trinajstić information content (AvgIpc) is 2.41. The molecule has 1 N–H and O–H groups in total. The molecule has 0 unspecified atom stereocenters. The highest BCUT2D eigenvalue weighted by Gasteiger charge is 1.97. The summed E-state index contributed by atoms with van der Waals surface area (Å²) in [6.07, 6.45) is 1.83. The van der Waals surface area contributed by atoms with Gasteiger partial charge < -0.3 is 0 Å². The van der Waals surface area contributed by atoms with Crippen LogP contribution in [0.5, 0.6) is 0 Å². The zero-order valence-electron chi connectivity index (χ0n) is 11.2. The lowest BCUT2D eigenvalue weighted by molar-refractivity contribution is 1.11. The molecule has 2 aromatic rings. The van der Waals surface area contributed by atoms with Crippen LogP contribution in [0.3, 0.4) is 0 Å². The smallest absolute Gasteiger partial charge is 0.0561 e. The van der Waals surface area contributed by atoms with E-state index in [1.165, 1.54) is 4.90 Å². The highest BCUT2D eigenvalue weighted by molar-refractivity contribution is 7.99. The van der Waals surface area contributed by atoms with E-state index in [0.717, 1.165) is 11.3 Å². The van der Waals surface area contributed by atoms with Gasteiger partial charge in [0, 0.05) is 10.1 Å². The first kappa shape index (κ1) is 13.7. The Balaban J connectivity index is 1.92. The number of hydrogen-bond donors (Lipinski definition) is 1. The molecule has 0 heterocycles. The van der Waals surface area contributed by atoms with Crippen LogP contribution in [0.25, 0.3) is 0 Å². The molecule has 19 heavy (non-hydrogen) atoms. The lowest BCUT2D eigenvalue weighted by atomic mass is 10.2. The van der Waals surface area contributed by atoms with Gasteiger partial charge in [-0.3, -0.25) is 5.43 Å². The summed E-state index contributed by atoms with van der Waals surface area (Å²) < 4.78 is 0. The minimum atomic E-state index is 0.610. The Morgan fingerprint density at radius 3 is 2.32 bits per heavy atom. The van der Waals surface area contributed by atoms with Crippen molar-refractivity contribution >= 4 is 23.7 Å². The van der Waals surface area contributed by atoms with Gasteiger partial charge in [-0.15, -0.1) is 11.8 Å². The van der Waals surface area contributed by atoms with Gasteiger partial charge in [0.2, 0.25) is 0 Å². The number of nitrogens with zero attached hydrogens (tertiary/aromatic N) is 1. The summed E-state index contributed by atoms with van der Waals surface area (Å²) in [5.41, 5.74) is 5.09. The molecule has 0 aliphatic heterocycles. The maximum Gasteiger partial charge on any atom is 0.0561 e. The molecule has 0 atom stereocenters. The van der Waals surface area contributed by atoms with Crippen molar-refractivity contribution < 1.29 is 0 Å². The third kappa shape index (κ3) is 4.79. The number of hydrogen-bond acceptors (Lipinski definition) is 3. The molecule has 0 aromatic heterocycles. The molecule has 0 bridgehead atoms. The fourth-order valence-corrected chi connectivity index (χ4v) is 2.44. The van der Waals surface area contributed by atoms with Gasteiger partial charge in [0.1, 0.15) is 0 Å². The second-order valence-electron chi connectivity index (χ2n) is 4.47. The third-order valence-electron chi connectivity index (χ3n) is 2.43. The minimum absolute atomic E-state index is 0.610. The van der Waals surface area contributed by atoms with Crippen LogP contribution >= 0.6 is 11.8 Å². The number of thioether (sulfide) groups is 1. The van der Waals surface area contributed by atoms with E-state index >= 15 is 0 Å². The van der Waals surface area contributed by atoms with E-state index in [0.29, 0.717) is 5.25 Å². The molecule has 0 saturated carbocycles. The molecule has 98 valence electrons. The predicted molar refractivity (Wildman–Crippen MR) is 85.1 cm³/mol. The van der Waals surface area contributed by atoms with Crippen LogP contribution in [-0.4, -0.2) is 11.5 Å². The van der Waals surface area contributed by atoms with Crippen LogP contribution in [0.1, 0.15) is 19.4 Å². The van der Waals surface area contributed by atoms with E-state index in [4.69, 9.17) is 0 Å². The standard InChI is InChI=1S/C16H18N2S/c1-13(2)19-16-10-8-14(9-11-16)12-17-18-15-6-4-3-5-7-15/h3-13,18H,1-2H3. The monoisotopic (exact) mass is 270 g/mol. The molecule has 0 aliphatic carbocycles. The molecule has 0 fully saturated rings. The topological polar surface area (TPSA) is 24.4 Å². The average molecular weight is 270 g/mol. The Morgan fingerprint density at radius 2 is 1.68 bits per heavy atom. The highest BCUT2D eigenvalue weighted by atomic mass is 32.2. The van der Waals surface area contributed by atoms with E-state index in [1.54, 1.807) is 0 Å². The van der Waals surface area contributed by atoms with Crippen LogP contribution in [0, 0.1) is 0 Å².